The van der Waals surface area contributed by atoms with E-state index in [4.69, 9.17) is 0 Å². The third-order valence-electron chi connectivity index (χ3n) is 13.8. The number of phenols is 1. The molecule has 0 bridgehead atoms. The fourth-order valence-corrected chi connectivity index (χ4v) is 10.6. The fraction of sp³-hybridized carbons (Fsp3) is 0.362. The first-order chi connectivity index (χ1) is 28.5. The average molecular weight is 792 g/mol. The third-order valence-corrected chi connectivity index (χ3v) is 13.8. The Hall–Kier alpha value is -6.14. The predicted octanol–water partition coefficient (Wildman–Crippen LogP) is 4.74. The van der Waals surface area contributed by atoms with Crippen LogP contribution in [0, 0.1) is 5.41 Å². The maximum Gasteiger partial charge on any atom is 0.262 e. The van der Waals surface area contributed by atoms with Gasteiger partial charge < -0.3 is 14.9 Å². The van der Waals surface area contributed by atoms with Gasteiger partial charge in [-0.15, -0.1) is 0 Å². The number of piperidine rings is 2. The standard InChI is InChI=1S/C47H45N5O7/c53-34-11-13-36-31(20-34)10-12-35(28-4-2-1-3-5-28)42(36)29-6-8-30(9-7-29)44(57)51-26-47(27-51)16-18-50(19-17-47)41(55)25-49-23-32-21-37-38(22-33(32)24-49)46(59)52(45(37)58)39-14-15-40(54)48-43(39)56/h1-9,11,13,20-22,35,39,42,53H,10,12,14-19,23-27H2,(H,48,54,56)/t35-,39?,42+/m1/s1. The van der Waals surface area contributed by atoms with Gasteiger partial charge in [0.2, 0.25) is 17.7 Å². The van der Waals surface area contributed by atoms with Gasteiger partial charge in [-0.05, 0) is 108 Å². The molecule has 12 heteroatoms. The van der Waals surface area contributed by atoms with Gasteiger partial charge in [-0.2, -0.15) is 0 Å². The Morgan fingerprint density at radius 1 is 0.729 bits per heavy atom. The van der Waals surface area contributed by atoms with Crippen LogP contribution in [0.3, 0.4) is 0 Å². The minimum atomic E-state index is -1.01. The number of likely N-dealkylation sites (tertiary alicyclic amines) is 2. The van der Waals surface area contributed by atoms with Crippen molar-refractivity contribution in [2.45, 2.75) is 69.5 Å². The number of phenolic OH excluding ortho intramolecular Hbond substituents is 1. The summed E-state index contributed by atoms with van der Waals surface area (Å²) in [5.74, 6) is -1.36. The number of rotatable bonds is 6. The van der Waals surface area contributed by atoms with Crippen LogP contribution in [0.2, 0.25) is 0 Å². The van der Waals surface area contributed by atoms with Crippen LogP contribution in [0.15, 0.2) is 84.9 Å². The van der Waals surface area contributed by atoms with Gasteiger partial charge in [0.1, 0.15) is 11.8 Å². The molecule has 4 aromatic carbocycles. The molecule has 0 saturated carbocycles. The van der Waals surface area contributed by atoms with Crippen molar-refractivity contribution in [1.82, 2.24) is 24.9 Å². The summed E-state index contributed by atoms with van der Waals surface area (Å²) in [4.78, 5) is 84.7. The molecule has 4 aromatic rings. The van der Waals surface area contributed by atoms with Crippen molar-refractivity contribution in [3.63, 3.8) is 0 Å². The summed E-state index contributed by atoms with van der Waals surface area (Å²) in [7, 11) is 0. The second-order valence-corrected chi connectivity index (χ2v) is 17.3. The van der Waals surface area contributed by atoms with E-state index in [2.05, 4.69) is 41.7 Å². The zero-order chi connectivity index (χ0) is 40.6. The number of amides is 6. The summed E-state index contributed by atoms with van der Waals surface area (Å²) in [6.07, 6.45) is 3.72. The maximum atomic E-state index is 13.7. The zero-order valence-electron chi connectivity index (χ0n) is 32.7. The van der Waals surface area contributed by atoms with Crippen LogP contribution in [0.1, 0.15) is 108 Å². The number of benzene rings is 4. The molecule has 2 N–H and O–H groups in total. The molecule has 12 nitrogen and oxygen atoms in total. The number of fused-ring (bicyclic) bond motifs is 3. The molecule has 3 atom stereocenters. The summed E-state index contributed by atoms with van der Waals surface area (Å²) < 4.78 is 0. The van der Waals surface area contributed by atoms with Gasteiger partial charge in [-0.25, -0.2) is 0 Å². The number of hydrogen-bond donors (Lipinski definition) is 2. The molecule has 5 aliphatic heterocycles. The zero-order valence-corrected chi connectivity index (χ0v) is 32.7. The van der Waals surface area contributed by atoms with Gasteiger partial charge in [-0.1, -0.05) is 48.5 Å². The monoisotopic (exact) mass is 791 g/mol. The largest absolute Gasteiger partial charge is 0.508 e. The molecule has 10 rings (SSSR count). The number of aromatic hydroxyl groups is 1. The first-order valence-corrected chi connectivity index (χ1v) is 20.7. The lowest BCUT2D eigenvalue weighted by Crippen LogP contribution is -2.62. The second kappa shape index (κ2) is 14.3. The highest BCUT2D eigenvalue weighted by molar-refractivity contribution is 6.23. The Bertz CT molecular complexity index is 2390. The Labute approximate surface area is 341 Å². The number of carbonyl (C=O) groups is 6. The SMILES string of the molecule is O=C1CCC(N2C(=O)c3cc4c(cc3C2=O)CN(CC(=O)N2CCC3(CC2)CN(C(=O)c2ccc([C@@H]5c6ccc(O)cc6CC[C@@H]5c5ccccc5)cc2)C3)C4)C(=O)N1. The van der Waals surface area contributed by atoms with E-state index >= 15 is 0 Å². The quantitative estimate of drug-likeness (QED) is 0.267. The highest BCUT2D eigenvalue weighted by Gasteiger charge is 2.48. The minimum absolute atomic E-state index is 0.0118. The Morgan fingerprint density at radius 3 is 2.07 bits per heavy atom. The van der Waals surface area contributed by atoms with E-state index in [1.807, 2.05) is 45.0 Å². The van der Waals surface area contributed by atoms with E-state index in [9.17, 15) is 33.9 Å². The Balaban J connectivity index is 0.730. The molecule has 300 valence electrons. The minimum Gasteiger partial charge on any atom is -0.508 e. The van der Waals surface area contributed by atoms with Crippen molar-refractivity contribution in [3.05, 3.63) is 135 Å². The van der Waals surface area contributed by atoms with Crippen LogP contribution in [0.4, 0.5) is 0 Å². The second-order valence-electron chi connectivity index (χ2n) is 17.3. The third kappa shape index (κ3) is 6.50. The summed E-state index contributed by atoms with van der Waals surface area (Å²) >= 11 is 0. The number of nitrogens with zero attached hydrogens (tertiary/aromatic N) is 4. The van der Waals surface area contributed by atoms with Gasteiger partial charge in [0.15, 0.2) is 0 Å². The molecule has 59 heavy (non-hydrogen) atoms. The van der Waals surface area contributed by atoms with Crippen LogP contribution < -0.4 is 5.32 Å². The van der Waals surface area contributed by atoms with Crippen LogP contribution in [-0.2, 0) is 33.9 Å². The maximum absolute atomic E-state index is 13.7. The van der Waals surface area contributed by atoms with Crippen molar-refractivity contribution in [3.8, 4) is 5.75 Å². The van der Waals surface area contributed by atoms with E-state index in [1.54, 1.807) is 18.2 Å². The van der Waals surface area contributed by atoms with Crippen LogP contribution in [-0.4, -0.2) is 98.9 Å². The van der Waals surface area contributed by atoms with Crippen molar-refractivity contribution in [2.75, 3.05) is 32.7 Å². The number of imide groups is 2. The van der Waals surface area contributed by atoms with Crippen molar-refractivity contribution in [2.24, 2.45) is 5.41 Å². The van der Waals surface area contributed by atoms with E-state index in [0.717, 1.165) is 47.3 Å². The number of aryl methyl sites for hydroxylation is 1. The lowest BCUT2D eigenvalue weighted by Gasteiger charge is -2.54. The molecule has 3 fully saturated rings. The summed E-state index contributed by atoms with van der Waals surface area (Å²) in [6.45, 7) is 3.77. The normalized spacial score (nSPS) is 23.5. The van der Waals surface area contributed by atoms with E-state index in [-0.39, 0.29) is 65.3 Å². The number of nitrogens with one attached hydrogen (secondary N) is 1. The Morgan fingerprint density at radius 2 is 1.41 bits per heavy atom. The molecule has 0 aromatic heterocycles. The van der Waals surface area contributed by atoms with E-state index in [0.29, 0.717) is 44.8 Å². The van der Waals surface area contributed by atoms with Gasteiger partial charge in [0, 0.05) is 62.6 Å². The molecule has 6 amide bonds. The highest BCUT2D eigenvalue weighted by atomic mass is 16.3. The first kappa shape index (κ1) is 37.2. The average Bonchev–Trinajstić information content (AvgIpc) is 3.74. The molecular formula is C47H45N5O7. The van der Waals surface area contributed by atoms with Crippen LogP contribution >= 0.6 is 0 Å². The smallest absolute Gasteiger partial charge is 0.262 e. The van der Waals surface area contributed by atoms with Crippen molar-refractivity contribution >= 4 is 35.4 Å². The molecule has 5 heterocycles. The lowest BCUT2D eigenvalue weighted by molar-refractivity contribution is -0.137. The van der Waals surface area contributed by atoms with E-state index in [1.165, 1.54) is 16.7 Å². The number of carbonyl (C=O) groups excluding carboxylic acids is 6. The first-order valence-electron chi connectivity index (χ1n) is 20.7. The van der Waals surface area contributed by atoms with E-state index < -0.39 is 29.7 Å². The molecule has 0 radical (unpaired) electrons. The number of hydrogen-bond acceptors (Lipinski definition) is 8. The molecule has 1 aliphatic carbocycles. The molecular weight excluding hydrogens is 747 g/mol. The fourth-order valence-electron chi connectivity index (χ4n) is 10.6. The molecule has 6 aliphatic rings. The van der Waals surface area contributed by atoms with Crippen molar-refractivity contribution in [1.29, 1.82) is 0 Å². The molecule has 3 saturated heterocycles. The summed E-state index contributed by atoms with van der Waals surface area (Å²) in [5, 5.41) is 12.4. The summed E-state index contributed by atoms with van der Waals surface area (Å²) in [6, 6.07) is 26.8. The topological polar surface area (TPSA) is 148 Å². The van der Waals surface area contributed by atoms with Gasteiger partial charge in [0.25, 0.3) is 17.7 Å². The van der Waals surface area contributed by atoms with Gasteiger partial charge in [-0.3, -0.25) is 43.9 Å². The highest BCUT2D eigenvalue weighted by Crippen LogP contribution is 2.47. The Kier molecular flexibility index (Phi) is 9.00. The van der Waals surface area contributed by atoms with Crippen LogP contribution in [0.25, 0.3) is 0 Å². The predicted molar refractivity (Wildman–Crippen MR) is 215 cm³/mol. The van der Waals surface area contributed by atoms with Gasteiger partial charge in [0.05, 0.1) is 17.7 Å². The molecule has 1 spiro atoms. The molecule has 1 unspecified atom stereocenters. The van der Waals surface area contributed by atoms with Crippen LogP contribution in [0.5, 0.6) is 5.75 Å². The van der Waals surface area contributed by atoms with Crippen molar-refractivity contribution < 1.29 is 33.9 Å². The van der Waals surface area contributed by atoms with Gasteiger partial charge >= 0.3 is 0 Å². The summed E-state index contributed by atoms with van der Waals surface area (Å²) in [5.41, 5.74) is 7.80. The lowest BCUT2D eigenvalue weighted by atomic mass is 9.69.